The van der Waals surface area contributed by atoms with Gasteiger partial charge >= 0.3 is 0 Å². The van der Waals surface area contributed by atoms with Crippen LogP contribution >= 0.6 is 22.7 Å². The zero-order valence-corrected chi connectivity index (χ0v) is 11.3. The highest BCUT2D eigenvalue weighted by Gasteiger charge is 2.15. The molecule has 2 nitrogen and oxygen atoms in total. The lowest BCUT2D eigenvalue weighted by atomic mass is 9.95. The normalized spacial score (nSPS) is 20.6. The van der Waals surface area contributed by atoms with Gasteiger partial charge in [-0.2, -0.15) is 0 Å². The van der Waals surface area contributed by atoms with Crippen LogP contribution in [0, 0.1) is 5.92 Å². The quantitative estimate of drug-likeness (QED) is 0.919. The largest absolute Gasteiger partial charge is 0.316 e. The van der Waals surface area contributed by atoms with Crippen molar-refractivity contribution in [3.63, 3.8) is 0 Å². The van der Waals surface area contributed by atoms with Gasteiger partial charge in [-0.15, -0.1) is 22.7 Å². The number of hydrogen-bond acceptors (Lipinski definition) is 4. The third kappa shape index (κ3) is 2.76. The monoisotopic (exact) mass is 264 g/mol. The lowest BCUT2D eigenvalue weighted by Gasteiger charge is -2.21. The molecule has 4 heteroatoms. The fourth-order valence-corrected chi connectivity index (χ4v) is 3.95. The molecule has 1 unspecified atom stereocenters. The SMILES string of the molecule is c1csc(-c2nc(CC3CCCNC3)cs2)c1. The lowest BCUT2D eigenvalue weighted by molar-refractivity contribution is 0.374. The molecule has 1 aliphatic heterocycles. The summed E-state index contributed by atoms with van der Waals surface area (Å²) in [4.78, 5) is 6.04. The molecular formula is C13H16N2S2. The Morgan fingerprint density at radius 1 is 1.41 bits per heavy atom. The van der Waals surface area contributed by atoms with Gasteiger partial charge in [0.05, 0.1) is 10.6 Å². The summed E-state index contributed by atoms with van der Waals surface area (Å²) in [5.41, 5.74) is 1.27. The third-order valence-electron chi connectivity index (χ3n) is 3.18. The summed E-state index contributed by atoms with van der Waals surface area (Å²) in [5.74, 6) is 0.780. The fraction of sp³-hybridized carbons (Fsp3) is 0.462. The average molecular weight is 264 g/mol. The number of hydrogen-bond donors (Lipinski definition) is 1. The van der Waals surface area contributed by atoms with Gasteiger partial charge in [0, 0.05) is 5.38 Å². The summed E-state index contributed by atoms with van der Waals surface area (Å²) in [5, 5.41) is 8.98. The first-order chi connectivity index (χ1) is 8.42. The molecule has 0 amide bonds. The average Bonchev–Trinajstić information content (AvgIpc) is 3.00. The highest BCUT2D eigenvalue weighted by atomic mass is 32.1. The second-order valence-corrected chi connectivity index (χ2v) is 6.34. The van der Waals surface area contributed by atoms with Crippen LogP contribution in [0.2, 0.25) is 0 Å². The van der Waals surface area contributed by atoms with Crippen LogP contribution in [0.3, 0.4) is 0 Å². The maximum Gasteiger partial charge on any atom is 0.133 e. The van der Waals surface area contributed by atoms with Gasteiger partial charge in [-0.05, 0) is 49.7 Å². The van der Waals surface area contributed by atoms with E-state index in [1.807, 2.05) is 0 Å². The molecule has 1 aliphatic rings. The van der Waals surface area contributed by atoms with E-state index in [2.05, 4.69) is 28.2 Å². The van der Waals surface area contributed by atoms with E-state index in [9.17, 15) is 0 Å². The number of piperidine rings is 1. The summed E-state index contributed by atoms with van der Waals surface area (Å²) in [6, 6.07) is 4.24. The van der Waals surface area contributed by atoms with Crippen molar-refractivity contribution in [1.82, 2.24) is 10.3 Å². The smallest absolute Gasteiger partial charge is 0.133 e. The third-order valence-corrected chi connectivity index (χ3v) is 5.11. The molecule has 1 N–H and O–H groups in total. The standard InChI is InChI=1S/C13H16N2S2/c1-3-10(8-14-5-1)7-11-9-17-13(15-11)12-4-2-6-16-12/h2,4,6,9-10,14H,1,3,5,7-8H2. The van der Waals surface area contributed by atoms with Crippen LogP contribution in [-0.4, -0.2) is 18.1 Å². The van der Waals surface area contributed by atoms with E-state index in [4.69, 9.17) is 4.98 Å². The van der Waals surface area contributed by atoms with E-state index in [1.165, 1.54) is 35.0 Å². The molecule has 0 radical (unpaired) electrons. The maximum absolute atomic E-state index is 4.75. The molecule has 3 heterocycles. The second kappa shape index (κ2) is 5.29. The van der Waals surface area contributed by atoms with Crippen molar-refractivity contribution in [2.24, 2.45) is 5.92 Å². The molecule has 0 spiro atoms. The zero-order valence-electron chi connectivity index (χ0n) is 9.69. The predicted molar refractivity (Wildman–Crippen MR) is 74.7 cm³/mol. The Morgan fingerprint density at radius 2 is 2.41 bits per heavy atom. The van der Waals surface area contributed by atoms with Crippen LogP contribution < -0.4 is 5.32 Å². The van der Waals surface area contributed by atoms with Gasteiger partial charge in [0.2, 0.25) is 0 Å². The zero-order chi connectivity index (χ0) is 11.5. The van der Waals surface area contributed by atoms with Gasteiger partial charge in [-0.1, -0.05) is 6.07 Å². The van der Waals surface area contributed by atoms with Gasteiger partial charge in [0.1, 0.15) is 5.01 Å². The summed E-state index contributed by atoms with van der Waals surface area (Å²) in [7, 11) is 0. The molecule has 2 aromatic heterocycles. The van der Waals surface area contributed by atoms with Crippen molar-refractivity contribution < 1.29 is 0 Å². The van der Waals surface area contributed by atoms with Crippen LogP contribution in [0.4, 0.5) is 0 Å². The molecule has 3 rings (SSSR count). The highest BCUT2D eigenvalue weighted by molar-refractivity contribution is 7.20. The molecule has 1 fully saturated rings. The molecule has 1 saturated heterocycles. The Labute approximate surface area is 110 Å². The number of rotatable bonds is 3. The summed E-state index contributed by atoms with van der Waals surface area (Å²) in [6.07, 6.45) is 3.79. The summed E-state index contributed by atoms with van der Waals surface area (Å²) >= 11 is 3.55. The Kier molecular flexibility index (Phi) is 3.54. The van der Waals surface area contributed by atoms with E-state index in [0.29, 0.717) is 0 Å². The van der Waals surface area contributed by atoms with Crippen molar-refractivity contribution >= 4 is 22.7 Å². The first kappa shape index (κ1) is 11.4. The number of thiazole rings is 1. The van der Waals surface area contributed by atoms with E-state index in [1.54, 1.807) is 22.7 Å². The topological polar surface area (TPSA) is 24.9 Å². The van der Waals surface area contributed by atoms with Gasteiger partial charge in [-0.25, -0.2) is 4.98 Å². The number of nitrogens with one attached hydrogen (secondary N) is 1. The van der Waals surface area contributed by atoms with E-state index in [0.717, 1.165) is 18.9 Å². The minimum atomic E-state index is 0.780. The van der Waals surface area contributed by atoms with Crippen LogP contribution in [0.15, 0.2) is 22.9 Å². The molecule has 1 atom stereocenters. The summed E-state index contributed by atoms with van der Waals surface area (Å²) < 4.78 is 0. The summed E-state index contributed by atoms with van der Waals surface area (Å²) in [6.45, 7) is 2.35. The molecule has 17 heavy (non-hydrogen) atoms. The molecule has 2 aromatic rings. The first-order valence-electron chi connectivity index (χ1n) is 6.11. The maximum atomic E-state index is 4.75. The fourth-order valence-electron chi connectivity index (χ4n) is 2.31. The van der Waals surface area contributed by atoms with Gasteiger partial charge in [0.15, 0.2) is 0 Å². The second-order valence-electron chi connectivity index (χ2n) is 4.54. The van der Waals surface area contributed by atoms with Crippen molar-refractivity contribution in [1.29, 1.82) is 0 Å². The van der Waals surface area contributed by atoms with Crippen molar-refractivity contribution in [2.45, 2.75) is 19.3 Å². The van der Waals surface area contributed by atoms with Crippen LogP contribution in [0.5, 0.6) is 0 Å². The van der Waals surface area contributed by atoms with Gasteiger partial charge in [0.25, 0.3) is 0 Å². The molecular weight excluding hydrogens is 248 g/mol. The Balaban J connectivity index is 1.68. The minimum absolute atomic E-state index is 0.780. The van der Waals surface area contributed by atoms with Crippen molar-refractivity contribution in [2.75, 3.05) is 13.1 Å². The Hall–Kier alpha value is -0.710. The molecule has 0 saturated carbocycles. The van der Waals surface area contributed by atoms with E-state index < -0.39 is 0 Å². The lowest BCUT2D eigenvalue weighted by Crippen LogP contribution is -2.30. The number of nitrogens with zero attached hydrogens (tertiary/aromatic N) is 1. The Morgan fingerprint density at radius 3 is 3.18 bits per heavy atom. The van der Waals surface area contributed by atoms with Gasteiger partial charge < -0.3 is 5.32 Å². The van der Waals surface area contributed by atoms with Crippen LogP contribution in [0.25, 0.3) is 9.88 Å². The number of thiophene rings is 1. The molecule has 0 bridgehead atoms. The predicted octanol–water partition coefficient (Wildman–Crippen LogP) is 3.41. The Bertz CT molecular complexity index is 455. The molecule has 0 aliphatic carbocycles. The van der Waals surface area contributed by atoms with Gasteiger partial charge in [-0.3, -0.25) is 0 Å². The number of aromatic nitrogens is 1. The first-order valence-corrected chi connectivity index (χ1v) is 7.87. The highest BCUT2D eigenvalue weighted by Crippen LogP contribution is 2.29. The minimum Gasteiger partial charge on any atom is -0.316 e. The van der Waals surface area contributed by atoms with Crippen LogP contribution in [0.1, 0.15) is 18.5 Å². The van der Waals surface area contributed by atoms with E-state index >= 15 is 0 Å². The van der Waals surface area contributed by atoms with E-state index in [-0.39, 0.29) is 0 Å². The molecule has 90 valence electrons. The van der Waals surface area contributed by atoms with Crippen LogP contribution in [-0.2, 0) is 6.42 Å². The van der Waals surface area contributed by atoms with Crippen molar-refractivity contribution in [3.8, 4) is 9.88 Å². The molecule has 0 aromatic carbocycles. The van der Waals surface area contributed by atoms with Crippen molar-refractivity contribution in [3.05, 3.63) is 28.6 Å².